The molecule has 0 atom stereocenters. The lowest BCUT2D eigenvalue weighted by Crippen LogP contribution is -2.40. The predicted molar refractivity (Wildman–Crippen MR) is 164 cm³/mol. The van der Waals surface area contributed by atoms with Crippen LogP contribution >= 0.6 is 0 Å². The van der Waals surface area contributed by atoms with Gasteiger partial charge in [0.1, 0.15) is 11.5 Å². The molecule has 43 heavy (non-hydrogen) atoms. The zero-order valence-electron chi connectivity index (χ0n) is 24.2. The van der Waals surface area contributed by atoms with Crippen LogP contribution < -0.4 is 19.3 Å². The Balaban J connectivity index is 1.26. The fraction of sp³-hybridized carbons (Fsp3) is 0.257. The first-order valence-electron chi connectivity index (χ1n) is 14.7. The summed E-state index contributed by atoms with van der Waals surface area (Å²) in [6.45, 7) is 5.85. The van der Waals surface area contributed by atoms with E-state index in [0.29, 0.717) is 33.3 Å². The first kappa shape index (κ1) is 28.2. The van der Waals surface area contributed by atoms with Crippen molar-refractivity contribution in [3.63, 3.8) is 0 Å². The largest absolute Gasteiger partial charge is 0.426 e. The molecule has 218 valence electrons. The molecule has 4 aromatic rings. The molecule has 2 aliphatic rings. The van der Waals surface area contributed by atoms with Crippen LogP contribution in [0.15, 0.2) is 78.9 Å². The highest BCUT2D eigenvalue weighted by molar-refractivity contribution is 6.36. The van der Waals surface area contributed by atoms with E-state index in [-0.39, 0.29) is 23.2 Å². The summed E-state index contributed by atoms with van der Waals surface area (Å²) < 4.78 is 11.3. The van der Waals surface area contributed by atoms with Gasteiger partial charge in [0, 0.05) is 29.7 Å². The van der Waals surface area contributed by atoms with Crippen LogP contribution in [-0.4, -0.2) is 36.8 Å². The van der Waals surface area contributed by atoms with Crippen LogP contribution in [0.3, 0.4) is 0 Å². The highest BCUT2D eigenvalue weighted by Gasteiger charge is 2.35. The van der Waals surface area contributed by atoms with E-state index >= 15 is 0 Å². The molecule has 1 saturated carbocycles. The zero-order chi connectivity index (χ0) is 30.1. The topological polar surface area (TPSA) is 93.2 Å². The Morgan fingerprint density at radius 2 is 1.47 bits per heavy atom. The van der Waals surface area contributed by atoms with Crippen molar-refractivity contribution >= 4 is 45.9 Å². The van der Waals surface area contributed by atoms with Crippen molar-refractivity contribution < 1.29 is 28.7 Å². The molecule has 1 aliphatic heterocycles. The van der Waals surface area contributed by atoms with Crippen LogP contribution in [0.4, 0.5) is 11.4 Å². The van der Waals surface area contributed by atoms with E-state index in [9.17, 15) is 19.2 Å². The fourth-order valence-corrected chi connectivity index (χ4v) is 5.96. The number of nitrogens with zero attached hydrogens (tertiary/aromatic N) is 2. The first-order valence-corrected chi connectivity index (χ1v) is 14.7. The van der Waals surface area contributed by atoms with Gasteiger partial charge >= 0.3 is 11.9 Å². The van der Waals surface area contributed by atoms with Gasteiger partial charge in [-0.1, -0.05) is 25.0 Å². The summed E-state index contributed by atoms with van der Waals surface area (Å²) in [6, 6.07) is 21.9. The number of anilines is 2. The highest BCUT2D eigenvalue weighted by atomic mass is 16.5. The molecule has 0 spiro atoms. The van der Waals surface area contributed by atoms with Gasteiger partial charge in [0.15, 0.2) is 0 Å². The molecule has 0 aromatic heterocycles. The second-order valence-corrected chi connectivity index (χ2v) is 10.8. The minimum Gasteiger partial charge on any atom is -0.426 e. The van der Waals surface area contributed by atoms with E-state index in [1.54, 1.807) is 60.7 Å². The van der Waals surface area contributed by atoms with Gasteiger partial charge in [-0.3, -0.25) is 14.4 Å². The highest BCUT2D eigenvalue weighted by Crippen LogP contribution is 2.36. The number of carbonyl (C=O) groups excluding carboxylic acids is 4. The molecule has 8 heteroatoms. The van der Waals surface area contributed by atoms with Crippen molar-refractivity contribution in [1.29, 1.82) is 0 Å². The van der Waals surface area contributed by atoms with Gasteiger partial charge in [0.05, 0.1) is 22.7 Å². The van der Waals surface area contributed by atoms with Gasteiger partial charge < -0.3 is 14.4 Å². The lowest BCUT2D eigenvalue weighted by molar-refractivity contribution is -0.138. The number of esters is 2. The monoisotopic (exact) mass is 576 g/mol. The van der Waals surface area contributed by atoms with Gasteiger partial charge in [0.25, 0.3) is 11.8 Å². The fourth-order valence-electron chi connectivity index (χ4n) is 5.96. The molecule has 1 aliphatic carbocycles. The van der Waals surface area contributed by atoms with Crippen molar-refractivity contribution in [1.82, 2.24) is 0 Å². The lowest BCUT2D eigenvalue weighted by Gasteiger charge is -2.27. The number of rotatable bonds is 8. The molecule has 6 rings (SSSR count). The zero-order valence-corrected chi connectivity index (χ0v) is 24.2. The molecule has 0 radical (unpaired) electrons. The van der Waals surface area contributed by atoms with Crippen LogP contribution in [0.5, 0.6) is 11.5 Å². The lowest BCUT2D eigenvalue weighted by atomic mass is 9.93. The van der Waals surface area contributed by atoms with E-state index in [0.717, 1.165) is 49.4 Å². The average Bonchev–Trinajstić information content (AvgIpc) is 3.57. The Morgan fingerprint density at radius 1 is 0.791 bits per heavy atom. The predicted octanol–water partition coefficient (Wildman–Crippen LogP) is 6.80. The Morgan fingerprint density at radius 3 is 2.14 bits per heavy atom. The molecule has 1 fully saturated rings. The number of amides is 2. The minimum absolute atomic E-state index is 0.0861. The van der Waals surface area contributed by atoms with Gasteiger partial charge in [-0.05, 0) is 98.8 Å². The Hall–Kier alpha value is -4.98. The van der Waals surface area contributed by atoms with E-state index in [1.807, 2.05) is 12.1 Å². The van der Waals surface area contributed by atoms with Gasteiger partial charge in [-0.2, -0.15) is 0 Å². The number of hydrogen-bond acceptors (Lipinski definition) is 7. The van der Waals surface area contributed by atoms with Crippen LogP contribution in [0.1, 0.15) is 70.6 Å². The maximum atomic E-state index is 13.8. The molecule has 2 amide bonds. The number of hydrogen-bond donors (Lipinski definition) is 0. The summed E-state index contributed by atoms with van der Waals surface area (Å²) in [7, 11) is 0. The van der Waals surface area contributed by atoms with Crippen molar-refractivity contribution in [2.24, 2.45) is 5.92 Å². The van der Waals surface area contributed by atoms with Gasteiger partial charge in [0.2, 0.25) is 0 Å². The number of benzene rings is 4. The second kappa shape index (κ2) is 11.7. The van der Waals surface area contributed by atoms with Crippen LogP contribution in [0, 0.1) is 5.92 Å². The smallest absolute Gasteiger partial charge is 0.343 e. The molecule has 0 saturated heterocycles. The van der Waals surface area contributed by atoms with Crippen LogP contribution in [-0.2, 0) is 4.79 Å². The Bertz CT molecular complexity index is 1720. The molecule has 0 bridgehead atoms. The van der Waals surface area contributed by atoms with E-state index < -0.39 is 17.8 Å². The van der Waals surface area contributed by atoms with Crippen molar-refractivity contribution in [2.75, 3.05) is 22.9 Å². The third-order valence-corrected chi connectivity index (χ3v) is 8.26. The maximum absolute atomic E-state index is 13.8. The third kappa shape index (κ3) is 5.36. The summed E-state index contributed by atoms with van der Waals surface area (Å²) in [5.74, 6) is -1.32. The first-order chi connectivity index (χ1) is 20.9. The van der Waals surface area contributed by atoms with Crippen molar-refractivity contribution in [2.45, 2.75) is 39.5 Å². The molecular weight excluding hydrogens is 544 g/mol. The van der Waals surface area contributed by atoms with Crippen molar-refractivity contribution in [3.05, 3.63) is 95.6 Å². The molecule has 8 nitrogen and oxygen atoms in total. The van der Waals surface area contributed by atoms with E-state index in [2.05, 4.69) is 18.7 Å². The van der Waals surface area contributed by atoms with E-state index in [4.69, 9.17) is 9.47 Å². The number of imide groups is 1. The van der Waals surface area contributed by atoms with Crippen LogP contribution in [0.2, 0.25) is 0 Å². The number of ether oxygens (including phenoxy) is 2. The summed E-state index contributed by atoms with van der Waals surface area (Å²) >= 11 is 0. The Labute approximate surface area is 249 Å². The summed E-state index contributed by atoms with van der Waals surface area (Å²) in [5, 5.41) is 1.13. The molecular formula is C35H32N2O6. The minimum atomic E-state index is -0.548. The van der Waals surface area contributed by atoms with Crippen LogP contribution in [0.25, 0.3) is 10.8 Å². The normalized spacial score (nSPS) is 14.7. The van der Waals surface area contributed by atoms with Gasteiger partial charge in [-0.25, -0.2) is 9.69 Å². The molecule has 1 heterocycles. The van der Waals surface area contributed by atoms with Crippen molar-refractivity contribution in [3.8, 4) is 11.5 Å². The molecule has 0 unspecified atom stereocenters. The second-order valence-electron chi connectivity index (χ2n) is 10.8. The standard InChI is InChI=1S/C35H32N2O6/c1-3-36(4-2)25-14-12-23(13-15-25)35(41)43-28-20-24-10-7-11-29-31(24)30(21-28)33(39)37(32(29)38)26-16-18-27(19-17-26)42-34(40)22-8-5-6-9-22/h7,10-22H,3-6,8-9H2,1-2H3. The summed E-state index contributed by atoms with van der Waals surface area (Å²) in [4.78, 5) is 56.1. The number of carbonyl (C=O) groups is 4. The van der Waals surface area contributed by atoms with Gasteiger partial charge in [-0.15, -0.1) is 0 Å². The van der Waals surface area contributed by atoms with E-state index in [1.165, 1.54) is 6.07 Å². The molecule has 4 aromatic carbocycles. The average molecular weight is 577 g/mol. The molecule has 0 N–H and O–H groups in total. The quantitative estimate of drug-likeness (QED) is 0.129. The third-order valence-electron chi connectivity index (χ3n) is 8.26. The SMILES string of the molecule is CCN(CC)c1ccc(C(=O)Oc2cc3c4c(cccc4c2)C(=O)N(c2ccc(OC(=O)C4CCCC4)cc2)C3=O)cc1. The summed E-state index contributed by atoms with van der Waals surface area (Å²) in [5.41, 5.74) is 2.36. The summed E-state index contributed by atoms with van der Waals surface area (Å²) in [6.07, 6.45) is 3.71. The Kier molecular flexibility index (Phi) is 7.67. The maximum Gasteiger partial charge on any atom is 0.343 e.